The van der Waals surface area contributed by atoms with E-state index in [9.17, 15) is 4.79 Å². The number of ether oxygens (including phenoxy) is 1. The summed E-state index contributed by atoms with van der Waals surface area (Å²) in [6.07, 6.45) is 1.51. The van der Waals surface area contributed by atoms with Gasteiger partial charge in [-0.15, -0.1) is 0 Å². The van der Waals surface area contributed by atoms with Gasteiger partial charge in [-0.2, -0.15) is 0 Å². The van der Waals surface area contributed by atoms with E-state index in [1.165, 1.54) is 11.1 Å². The van der Waals surface area contributed by atoms with E-state index < -0.39 is 0 Å². The van der Waals surface area contributed by atoms with Gasteiger partial charge in [0.15, 0.2) is 0 Å². The van der Waals surface area contributed by atoms with Crippen molar-refractivity contribution in [3.8, 4) is 5.75 Å². The Morgan fingerprint density at radius 2 is 1.94 bits per heavy atom. The molecule has 0 saturated heterocycles. The molecule has 0 atom stereocenters. The number of ketones is 1. The van der Waals surface area contributed by atoms with E-state index >= 15 is 0 Å². The van der Waals surface area contributed by atoms with E-state index in [2.05, 4.69) is 32.2 Å². The average Bonchev–Trinajstić information content (AvgIpc) is 2.32. The summed E-state index contributed by atoms with van der Waals surface area (Å²) in [7, 11) is 1.70. The molecule has 3 heteroatoms. The minimum Gasteiger partial charge on any atom is -0.496 e. The summed E-state index contributed by atoms with van der Waals surface area (Å²) in [6.45, 7) is 8.69. The number of Topliss-reactive ketones (excluding diaryl/α,β-unsaturated/α-hetero) is 1. The number of nitrogens with one attached hydrogen (secondary N) is 1. The molecule has 0 fully saturated rings. The Bertz CT molecular complexity index is 439. The lowest BCUT2D eigenvalue weighted by molar-refractivity contribution is -0.117. The molecule has 0 aliphatic rings. The number of benzene rings is 1. The van der Waals surface area contributed by atoms with Gasteiger partial charge in [0.1, 0.15) is 11.5 Å². The van der Waals surface area contributed by atoms with Crippen molar-refractivity contribution in [1.82, 2.24) is 0 Å². The van der Waals surface area contributed by atoms with Crippen molar-refractivity contribution in [3.63, 3.8) is 0 Å². The van der Waals surface area contributed by atoms with Crippen molar-refractivity contribution in [1.29, 1.82) is 0 Å². The lowest BCUT2D eigenvalue weighted by Crippen LogP contribution is -2.07. The Labute approximate surface area is 110 Å². The minimum absolute atomic E-state index is 0.246. The number of aryl methyl sites for hydroxylation is 1. The maximum Gasteiger partial charge on any atom is 0.129 e. The van der Waals surface area contributed by atoms with E-state index in [0.29, 0.717) is 6.42 Å². The SMILES string of the molecule is COc1cc(C)c(NCCCC(C)=O)c(C)c1C. The number of rotatable bonds is 6. The second-order valence-corrected chi connectivity index (χ2v) is 4.75. The number of hydrogen-bond acceptors (Lipinski definition) is 3. The molecular weight excluding hydrogens is 226 g/mol. The van der Waals surface area contributed by atoms with Gasteiger partial charge in [0.05, 0.1) is 7.11 Å². The zero-order chi connectivity index (χ0) is 13.7. The van der Waals surface area contributed by atoms with Crippen molar-refractivity contribution in [3.05, 3.63) is 22.8 Å². The van der Waals surface area contributed by atoms with E-state index in [-0.39, 0.29) is 5.78 Å². The number of carbonyl (C=O) groups excluding carboxylic acids is 1. The molecule has 0 aromatic heterocycles. The maximum atomic E-state index is 10.9. The summed E-state index contributed by atoms with van der Waals surface area (Å²) in [5, 5.41) is 3.42. The highest BCUT2D eigenvalue weighted by molar-refractivity contribution is 5.75. The van der Waals surface area contributed by atoms with Crippen LogP contribution in [0.1, 0.15) is 36.5 Å². The lowest BCUT2D eigenvalue weighted by atomic mass is 10.0. The van der Waals surface area contributed by atoms with Crippen LogP contribution in [0.25, 0.3) is 0 Å². The van der Waals surface area contributed by atoms with E-state index in [1.54, 1.807) is 14.0 Å². The van der Waals surface area contributed by atoms with Crippen LogP contribution in [0.3, 0.4) is 0 Å². The number of hydrogen-bond donors (Lipinski definition) is 1. The topological polar surface area (TPSA) is 38.3 Å². The quantitative estimate of drug-likeness (QED) is 0.785. The molecule has 0 saturated carbocycles. The maximum absolute atomic E-state index is 10.9. The van der Waals surface area contributed by atoms with Crippen LogP contribution in [0, 0.1) is 20.8 Å². The van der Waals surface area contributed by atoms with Gasteiger partial charge < -0.3 is 14.8 Å². The molecule has 0 unspecified atom stereocenters. The standard InChI is InChI=1S/C15H23NO2/c1-10-9-14(18-5)12(3)13(4)15(10)16-8-6-7-11(2)17/h9,16H,6-8H2,1-5H3. The second kappa shape index (κ2) is 6.43. The summed E-state index contributed by atoms with van der Waals surface area (Å²) < 4.78 is 5.35. The van der Waals surface area contributed by atoms with Gasteiger partial charge in [-0.1, -0.05) is 0 Å². The molecule has 18 heavy (non-hydrogen) atoms. The van der Waals surface area contributed by atoms with Gasteiger partial charge in [-0.25, -0.2) is 0 Å². The third-order valence-corrected chi connectivity index (χ3v) is 3.28. The van der Waals surface area contributed by atoms with E-state index in [0.717, 1.165) is 30.0 Å². The molecular formula is C15H23NO2. The van der Waals surface area contributed by atoms with Gasteiger partial charge in [0.25, 0.3) is 0 Å². The van der Waals surface area contributed by atoms with Crippen molar-refractivity contribution in [2.75, 3.05) is 19.0 Å². The predicted octanol–water partition coefficient (Wildman–Crippen LogP) is 3.40. The molecule has 1 aromatic carbocycles. The third-order valence-electron chi connectivity index (χ3n) is 3.28. The molecule has 0 amide bonds. The fourth-order valence-electron chi connectivity index (χ4n) is 2.08. The zero-order valence-corrected chi connectivity index (χ0v) is 12.0. The monoisotopic (exact) mass is 249 g/mol. The summed E-state index contributed by atoms with van der Waals surface area (Å²) >= 11 is 0. The third kappa shape index (κ3) is 3.49. The molecule has 0 aliphatic heterocycles. The van der Waals surface area contributed by atoms with Gasteiger partial charge in [-0.05, 0) is 56.9 Å². The Kier molecular flexibility index (Phi) is 5.20. The second-order valence-electron chi connectivity index (χ2n) is 4.75. The van der Waals surface area contributed by atoms with Crippen LogP contribution in [-0.2, 0) is 4.79 Å². The molecule has 3 nitrogen and oxygen atoms in total. The molecule has 0 spiro atoms. The summed E-state index contributed by atoms with van der Waals surface area (Å²) in [5.41, 5.74) is 4.72. The highest BCUT2D eigenvalue weighted by Crippen LogP contribution is 2.31. The van der Waals surface area contributed by atoms with Crippen molar-refractivity contribution < 1.29 is 9.53 Å². The first kappa shape index (κ1) is 14.6. The highest BCUT2D eigenvalue weighted by Gasteiger charge is 2.10. The normalized spacial score (nSPS) is 10.3. The van der Waals surface area contributed by atoms with Crippen LogP contribution in [0.5, 0.6) is 5.75 Å². The Balaban J connectivity index is 2.77. The first-order valence-electron chi connectivity index (χ1n) is 6.35. The van der Waals surface area contributed by atoms with Crippen LogP contribution in [0.15, 0.2) is 6.07 Å². The average molecular weight is 249 g/mol. The van der Waals surface area contributed by atoms with Gasteiger partial charge in [0.2, 0.25) is 0 Å². The molecule has 1 N–H and O–H groups in total. The first-order chi connectivity index (χ1) is 8.47. The first-order valence-corrected chi connectivity index (χ1v) is 6.35. The Morgan fingerprint density at radius 1 is 1.28 bits per heavy atom. The number of anilines is 1. The van der Waals surface area contributed by atoms with Gasteiger partial charge in [-0.3, -0.25) is 0 Å². The van der Waals surface area contributed by atoms with Crippen LogP contribution in [-0.4, -0.2) is 19.4 Å². The molecule has 100 valence electrons. The number of methoxy groups -OCH3 is 1. The van der Waals surface area contributed by atoms with Crippen molar-refractivity contribution >= 4 is 11.5 Å². The summed E-state index contributed by atoms with van der Waals surface area (Å²) in [6, 6.07) is 2.05. The van der Waals surface area contributed by atoms with Crippen LogP contribution >= 0.6 is 0 Å². The fourth-order valence-corrected chi connectivity index (χ4v) is 2.08. The Morgan fingerprint density at radius 3 is 2.50 bits per heavy atom. The van der Waals surface area contributed by atoms with Crippen LogP contribution in [0.4, 0.5) is 5.69 Å². The zero-order valence-electron chi connectivity index (χ0n) is 12.0. The lowest BCUT2D eigenvalue weighted by Gasteiger charge is -2.17. The van der Waals surface area contributed by atoms with Crippen molar-refractivity contribution in [2.24, 2.45) is 0 Å². The molecule has 0 radical (unpaired) electrons. The smallest absolute Gasteiger partial charge is 0.129 e. The highest BCUT2D eigenvalue weighted by atomic mass is 16.5. The van der Waals surface area contributed by atoms with E-state index in [1.807, 2.05) is 0 Å². The van der Waals surface area contributed by atoms with Crippen molar-refractivity contribution in [2.45, 2.75) is 40.5 Å². The largest absolute Gasteiger partial charge is 0.496 e. The Hall–Kier alpha value is -1.51. The van der Waals surface area contributed by atoms with Gasteiger partial charge >= 0.3 is 0 Å². The van der Waals surface area contributed by atoms with E-state index in [4.69, 9.17) is 4.74 Å². The molecule has 1 rings (SSSR count). The summed E-state index contributed by atoms with van der Waals surface area (Å²) in [5.74, 6) is 1.18. The molecule has 0 heterocycles. The minimum atomic E-state index is 0.246. The molecule has 1 aromatic rings. The number of carbonyl (C=O) groups is 1. The van der Waals surface area contributed by atoms with Gasteiger partial charge in [0, 0.05) is 18.7 Å². The predicted molar refractivity (Wildman–Crippen MR) is 75.6 cm³/mol. The summed E-state index contributed by atoms with van der Waals surface area (Å²) in [4.78, 5) is 10.9. The molecule has 0 bridgehead atoms. The van der Waals surface area contributed by atoms with Crippen LogP contribution in [0.2, 0.25) is 0 Å². The van der Waals surface area contributed by atoms with Crippen LogP contribution < -0.4 is 10.1 Å². The fraction of sp³-hybridized carbons (Fsp3) is 0.533. The molecule has 0 aliphatic carbocycles.